The zero-order valence-corrected chi connectivity index (χ0v) is 5.09. The predicted molar refractivity (Wildman–Crippen MR) is 34.1 cm³/mol. The highest BCUT2D eigenvalue weighted by Crippen LogP contribution is 1.92. The lowest BCUT2D eigenvalue weighted by molar-refractivity contribution is 0.693. The molecule has 0 radical (unpaired) electrons. The first kappa shape index (κ1) is 5.05. The summed E-state index contributed by atoms with van der Waals surface area (Å²) >= 11 is 4.61. The smallest absolute Gasteiger partial charge is 0.116 e. The lowest BCUT2D eigenvalue weighted by atomic mass is 10.8. The van der Waals surface area contributed by atoms with Gasteiger partial charge in [0.05, 0.1) is 22.1 Å². The van der Waals surface area contributed by atoms with E-state index in [9.17, 15) is 4.21 Å². The molecule has 1 atom stereocenters. The molecule has 4 heteroatoms. The third-order valence-electron chi connectivity index (χ3n) is 0.580. The SMILES string of the molecule is O=S1C=NC(=S)C1. The molecule has 0 fully saturated rings. The third kappa shape index (κ3) is 1.14. The van der Waals surface area contributed by atoms with Crippen LogP contribution in [0, 0.1) is 0 Å². The maximum Gasteiger partial charge on any atom is 0.116 e. The Balaban J connectivity index is 2.76. The van der Waals surface area contributed by atoms with Crippen LogP contribution in [0.1, 0.15) is 0 Å². The second-order valence-electron chi connectivity index (χ2n) is 1.15. The van der Waals surface area contributed by atoms with E-state index in [1.54, 1.807) is 0 Å². The largest absolute Gasteiger partial charge is 0.253 e. The highest BCUT2D eigenvalue weighted by molar-refractivity contribution is 8.01. The summed E-state index contributed by atoms with van der Waals surface area (Å²) in [6.07, 6.45) is 0. The summed E-state index contributed by atoms with van der Waals surface area (Å²) in [5.41, 5.74) is 1.38. The fourth-order valence-electron chi connectivity index (χ4n) is 0.314. The van der Waals surface area contributed by atoms with Crippen LogP contribution in [0.3, 0.4) is 0 Å². The molecule has 0 amide bonds. The monoisotopic (exact) mass is 133 g/mol. The normalized spacial score (nSPS) is 29.1. The fourth-order valence-corrected chi connectivity index (χ4v) is 1.42. The fraction of sp³-hybridized carbons (Fsp3) is 0.333. The summed E-state index contributed by atoms with van der Waals surface area (Å²) in [4.78, 5) is 4.18. The number of hydrogen-bond donors (Lipinski definition) is 0. The Morgan fingerprint density at radius 2 is 2.71 bits per heavy atom. The Labute approximate surface area is 49.1 Å². The Hall–Kier alpha value is -0.0900. The van der Waals surface area contributed by atoms with Crippen LogP contribution in [0.25, 0.3) is 0 Å². The second kappa shape index (κ2) is 1.79. The van der Waals surface area contributed by atoms with E-state index in [2.05, 4.69) is 17.2 Å². The minimum atomic E-state index is -0.886. The average Bonchev–Trinajstić information content (AvgIpc) is 1.87. The number of hydrogen-bond acceptors (Lipinski definition) is 2. The van der Waals surface area contributed by atoms with Crippen molar-refractivity contribution in [3.05, 3.63) is 0 Å². The minimum Gasteiger partial charge on any atom is -0.253 e. The Morgan fingerprint density at radius 3 is 2.86 bits per heavy atom. The predicted octanol–water partition coefficient (Wildman–Crippen LogP) is 0.104. The van der Waals surface area contributed by atoms with E-state index >= 15 is 0 Å². The summed E-state index contributed by atoms with van der Waals surface area (Å²) in [6.45, 7) is 0. The van der Waals surface area contributed by atoms with Crippen LogP contribution in [0.5, 0.6) is 0 Å². The summed E-state index contributed by atoms with van der Waals surface area (Å²) in [5.74, 6) is 0.454. The summed E-state index contributed by atoms with van der Waals surface area (Å²) < 4.78 is 10.3. The van der Waals surface area contributed by atoms with Crippen LogP contribution in [-0.2, 0) is 10.8 Å². The van der Waals surface area contributed by atoms with E-state index < -0.39 is 10.8 Å². The van der Waals surface area contributed by atoms with Gasteiger partial charge in [-0.25, -0.2) is 4.99 Å². The number of rotatable bonds is 0. The van der Waals surface area contributed by atoms with Crippen molar-refractivity contribution in [3.63, 3.8) is 0 Å². The topological polar surface area (TPSA) is 29.4 Å². The van der Waals surface area contributed by atoms with Crippen LogP contribution < -0.4 is 0 Å². The maximum atomic E-state index is 10.3. The summed E-state index contributed by atoms with van der Waals surface area (Å²) in [6, 6.07) is 0. The third-order valence-corrected chi connectivity index (χ3v) is 1.91. The lowest BCUT2D eigenvalue weighted by Crippen LogP contribution is -1.94. The average molecular weight is 133 g/mol. The minimum absolute atomic E-state index is 0.454. The van der Waals surface area contributed by atoms with Crippen molar-refractivity contribution in [2.75, 3.05) is 5.75 Å². The molecule has 0 aromatic heterocycles. The van der Waals surface area contributed by atoms with Crippen LogP contribution in [0.2, 0.25) is 0 Å². The zero-order valence-electron chi connectivity index (χ0n) is 3.46. The van der Waals surface area contributed by atoms with Gasteiger partial charge in [-0.1, -0.05) is 12.2 Å². The van der Waals surface area contributed by atoms with E-state index in [1.165, 1.54) is 5.55 Å². The molecule has 1 rings (SSSR count). The molecule has 0 aromatic rings. The molecule has 0 spiro atoms. The molecule has 0 N–H and O–H groups in total. The molecule has 0 saturated carbocycles. The Kier molecular flexibility index (Phi) is 1.30. The van der Waals surface area contributed by atoms with Crippen LogP contribution in [0.15, 0.2) is 4.99 Å². The number of aliphatic imine (C=N–C) groups is 1. The molecule has 0 bridgehead atoms. The van der Waals surface area contributed by atoms with Crippen LogP contribution >= 0.6 is 12.2 Å². The molecule has 2 nitrogen and oxygen atoms in total. The highest BCUT2D eigenvalue weighted by atomic mass is 32.2. The Bertz CT molecular complexity index is 135. The van der Waals surface area contributed by atoms with Gasteiger partial charge in [0.25, 0.3) is 0 Å². The summed E-state index contributed by atoms with van der Waals surface area (Å²) in [5, 5.41) is 0. The van der Waals surface area contributed by atoms with Crippen LogP contribution in [-0.4, -0.2) is 20.5 Å². The molecule has 1 heterocycles. The molecule has 1 unspecified atom stereocenters. The summed E-state index contributed by atoms with van der Waals surface area (Å²) in [7, 11) is -0.886. The maximum absolute atomic E-state index is 10.3. The van der Waals surface area contributed by atoms with Crippen molar-refractivity contribution >= 4 is 33.6 Å². The van der Waals surface area contributed by atoms with E-state index in [0.29, 0.717) is 10.7 Å². The molecule has 1 aliphatic rings. The van der Waals surface area contributed by atoms with Crippen molar-refractivity contribution in [3.8, 4) is 0 Å². The van der Waals surface area contributed by atoms with Gasteiger partial charge in [0.2, 0.25) is 0 Å². The van der Waals surface area contributed by atoms with Gasteiger partial charge in [-0.05, 0) is 0 Å². The van der Waals surface area contributed by atoms with Gasteiger partial charge in [0.1, 0.15) is 4.99 Å². The van der Waals surface area contributed by atoms with Gasteiger partial charge in [0, 0.05) is 0 Å². The van der Waals surface area contributed by atoms with Gasteiger partial charge in [-0.3, -0.25) is 4.21 Å². The van der Waals surface area contributed by atoms with E-state index in [0.717, 1.165) is 0 Å². The Morgan fingerprint density at radius 1 is 2.00 bits per heavy atom. The van der Waals surface area contributed by atoms with Gasteiger partial charge >= 0.3 is 0 Å². The molecule has 38 valence electrons. The standard InChI is InChI=1S/C3H3NOS2/c5-7-1-3(6)4-2-7/h2H,1H2. The van der Waals surface area contributed by atoms with Crippen molar-refractivity contribution in [2.45, 2.75) is 0 Å². The van der Waals surface area contributed by atoms with Gasteiger partial charge in [0.15, 0.2) is 0 Å². The van der Waals surface area contributed by atoms with Crippen molar-refractivity contribution in [1.82, 2.24) is 0 Å². The molecular formula is C3H3NOS2. The number of thiocarbonyl (C=S) groups is 1. The van der Waals surface area contributed by atoms with Crippen molar-refractivity contribution in [1.29, 1.82) is 0 Å². The highest BCUT2D eigenvalue weighted by Gasteiger charge is 2.05. The van der Waals surface area contributed by atoms with Gasteiger partial charge < -0.3 is 0 Å². The van der Waals surface area contributed by atoms with Crippen molar-refractivity contribution < 1.29 is 4.21 Å². The first-order valence-corrected chi connectivity index (χ1v) is 3.52. The van der Waals surface area contributed by atoms with E-state index in [-0.39, 0.29) is 0 Å². The first-order valence-electron chi connectivity index (χ1n) is 1.73. The van der Waals surface area contributed by atoms with Gasteiger partial charge in [-0.15, -0.1) is 0 Å². The lowest BCUT2D eigenvalue weighted by Gasteiger charge is -1.74. The molecular weight excluding hydrogens is 130 g/mol. The molecule has 7 heavy (non-hydrogen) atoms. The molecule has 0 saturated heterocycles. The quantitative estimate of drug-likeness (QED) is 0.439. The first-order chi connectivity index (χ1) is 3.29. The molecule has 0 aromatic carbocycles. The van der Waals surface area contributed by atoms with E-state index in [4.69, 9.17) is 0 Å². The number of nitrogens with zero attached hydrogens (tertiary/aromatic N) is 1. The molecule has 0 aliphatic carbocycles. The van der Waals surface area contributed by atoms with Crippen molar-refractivity contribution in [2.24, 2.45) is 4.99 Å². The molecule has 1 aliphatic heterocycles. The second-order valence-corrected chi connectivity index (χ2v) is 2.89. The van der Waals surface area contributed by atoms with E-state index in [1.807, 2.05) is 0 Å². The van der Waals surface area contributed by atoms with Crippen LogP contribution in [0.4, 0.5) is 0 Å². The van der Waals surface area contributed by atoms with Gasteiger partial charge in [-0.2, -0.15) is 0 Å². The zero-order chi connectivity index (χ0) is 5.28.